The van der Waals surface area contributed by atoms with Gasteiger partial charge in [-0.3, -0.25) is 4.99 Å². The minimum absolute atomic E-state index is 0. The molecule has 2 N–H and O–H groups in total. The molecule has 2 bridgehead atoms. The fourth-order valence-corrected chi connectivity index (χ4v) is 6.51. The lowest BCUT2D eigenvalue weighted by molar-refractivity contribution is 0.386. The normalized spacial score (nSPS) is 42.6. The van der Waals surface area contributed by atoms with Gasteiger partial charge in [0.15, 0.2) is 15.8 Å². The van der Waals surface area contributed by atoms with E-state index in [2.05, 4.69) is 17.6 Å². The third-order valence-corrected chi connectivity index (χ3v) is 8.16. The van der Waals surface area contributed by atoms with Gasteiger partial charge in [-0.2, -0.15) is 0 Å². The Kier molecular flexibility index (Phi) is 5.69. The van der Waals surface area contributed by atoms with Crippen molar-refractivity contribution >= 4 is 39.8 Å². The number of hydrogen-bond acceptors (Lipinski definition) is 3. The highest BCUT2D eigenvalue weighted by Gasteiger charge is 2.41. The van der Waals surface area contributed by atoms with E-state index in [1.54, 1.807) is 0 Å². The predicted molar refractivity (Wildman–Crippen MR) is 108 cm³/mol. The molecular weight excluding hydrogens is 437 g/mol. The van der Waals surface area contributed by atoms with Gasteiger partial charge in [0.2, 0.25) is 0 Å². The molecule has 138 valence electrons. The van der Waals surface area contributed by atoms with Crippen LogP contribution in [0.3, 0.4) is 0 Å². The molecule has 4 aliphatic rings. The molecule has 0 aromatic carbocycles. The van der Waals surface area contributed by atoms with Crippen molar-refractivity contribution in [2.24, 2.45) is 28.7 Å². The number of nitrogens with zero attached hydrogens (tertiary/aromatic N) is 1. The Morgan fingerprint density at radius 2 is 1.83 bits per heavy atom. The molecule has 0 aromatic rings. The first-order valence-corrected chi connectivity index (χ1v) is 11.1. The van der Waals surface area contributed by atoms with Gasteiger partial charge in [-0.05, 0) is 55.8 Å². The van der Waals surface area contributed by atoms with Crippen LogP contribution in [0.1, 0.15) is 45.4 Å². The summed E-state index contributed by atoms with van der Waals surface area (Å²) in [5.41, 5.74) is 0. The molecule has 4 rings (SSSR count). The van der Waals surface area contributed by atoms with Crippen LogP contribution < -0.4 is 10.6 Å². The summed E-state index contributed by atoms with van der Waals surface area (Å²) in [7, 11) is -2.80. The molecule has 4 fully saturated rings. The van der Waals surface area contributed by atoms with Gasteiger partial charge in [-0.1, -0.05) is 13.3 Å². The van der Waals surface area contributed by atoms with Crippen LogP contribution in [-0.4, -0.2) is 44.5 Å². The molecule has 7 heteroatoms. The van der Waals surface area contributed by atoms with E-state index in [0.717, 1.165) is 30.1 Å². The smallest absolute Gasteiger partial charge is 0.191 e. The quantitative estimate of drug-likeness (QED) is 0.378. The number of rotatable bonds is 4. The van der Waals surface area contributed by atoms with Gasteiger partial charge in [0.25, 0.3) is 0 Å². The molecule has 3 saturated carbocycles. The number of aliphatic imine (C=N–C) groups is 1. The number of nitrogens with one attached hydrogen (secondary N) is 2. The highest BCUT2D eigenvalue weighted by Crippen LogP contribution is 2.44. The summed E-state index contributed by atoms with van der Waals surface area (Å²) < 4.78 is 23.2. The standard InChI is InChI=1S/C17H29N3O2S.HI/c1-11-6-15(11)19-17(18-9-13-4-5-23(21,22)10-13)20-16-8-12-2-3-14(16)7-12;/h11-16H,2-10H2,1H3,(H2,18,19,20);1H. The molecular formula is C17H30IN3O2S. The fraction of sp³-hybridized carbons (Fsp3) is 0.941. The molecule has 1 saturated heterocycles. The first-order valence-electron chi connectivity index (χ1n) is 9.26. The molecule has 3 aliphatic carbocycles. The Balaban J connectivity index is 0.00000169. The van der Waals surface area contributed by atoms with Gasteiger partial charge in [0, 0.05) is 18.6 Å². The Morgan fingerprint density at radius 3 is 2.38 bits per heavy atom. The number of fused-ring (bicyclic) bond motifs is 2. The van der Waals surface area contributed by atoms with E-state index in [1.165, 1.54) is 32.1 Å². The van der Waals surface area contributed by atoms with Crippen molar-refractivity contribution in [3.05, 3.63) is 0 Å². The molecule has 0 aromatic heterocycles. The van der Waals surface area contributed by atoms with Gasteiger partial charge in [-0.25, -0.2) is 8.42 Å². The molecule has 0 amide bonds. The zero-order chi connectivity index (χ0) is 16.0. The first kappa shape index (κ1) is 18.7. The Labute approximate surface area is 162 Å². The lowest BCUT2D eigenvalue weighted by Crippen LogP contribution is -2.46. The number of guanidine groups is 1. The van der Waals surface area contributed by atoms with Crippen LogP contribution in [0.5, 0.6) is 0 Å². The van der Waals surface area contributed by atoms with Gasteiger partial charge in [-0.15, -0.1) is 24.0 Å². The van der Waals surface area contributed by atoms with Crippen molar-refractivity contribution in [1.29, 1.82) is 0 Å². The minimum Gasteiger partial charge on any atom is -0.353 e. The van der Waals surface area contributed by atoms with E-state index in [0.29, 0.717) is 30.1 Å². The summed E-state index contributed by atoms with van der Waals surface area (Å²) in [4.78, 5) is 4.76. The van der Waals surface area contributed by atoms with Crippen LogP contribution >= 0.6 is 24.0 Å². The van der Waals surface area contributed by atoms with Gasteiger partial charge in [0.05, 0.1) is 11.5 Å². The van der Waals surface area contributed by atoms with E-state index in [9.17, 15) is 8.42 Å². The van der Waals surface area contributed by atoms with Crippen molar-refractivity contribution < 1.29 is 8.42 Å². The number of halogens is 1. The zero-order valence-corrected chi connectivity index (χ0v) is 17.6. The summed E-state index contributed by atoms with van der Waals surface area (Å²) in [6, 6.07) is 1.12. The second kappa shape index (κ2) is 7.29. The van der Waals surface area contributed by atoms with Crippen LogP contribution in [0, 0.1) is 23.7 Å². The average Bonchev–Trinajstić information content (AvgIpc) is 2.89. The second-order valence-electron chi connectivity index (χ2n) is 8.35. The highest BCUT2D eigenvalue weighted by molar-refractivity contribution is 14.0. The minimum atomic E-state index is -2.80. The lowest BCUT2D eigenvalue weighted by Gasteiger charge is -2.25. The maximum Gasteiger partial charge on any atom is 0.191 e. The van der Waals surface area contributed by atoms with Crippen LogP contribution in [0.25, 0.3) is 0 Å². The topological polar surface area (TPSA) is 70.6 Å². The zero-order valence-electron chi connectivity index (χ0n) is 14.4. The molecule has 6 unspecified atom stereocenters. The van der Waals surface area contributed by atoms with Crippen molar-refractivity contribution in [3.8, 4) is 0 Å². The van der Waals surface area contributed by atoms with Crippen molar-refractivity contribution in [2.75, 3.05) is 18.1 Å². The molecule has 0 radical (unpaired) electrons. The summed E-state index contributed by atoms with van der Waals surface area (Å²) in [5.74, 6) is 4.26. The Morgan fingerprint density at radius 1 is 1.08 bits per heavy atom. The monoisotopic (exact) mass is 467 g/mol. The summed E-state index contributed by atoms with van der Waals surface area (Å²) >= 11 is 0. The summed E-state index contributed by atoms with van der Waals surface area (Å²) in [6.07, 6.45) is 7.41. The molecule has 1 aliphatic heterocycles. The summed E-state index contributed by atoms with van der Waals surface area (Å²) in [5, 5.41) is 7.23. The third kappa shape index (κ3) is 4.37. The van der Waals surface area contributed by atoms with Gasteiger partial charge < -0.3 is 10.6 Å². The summed E-state index contributed by atoms with van der Waals surface area (Å²) in [6.45, 7) is 2.90. The fourth-order valence-electron chi connectivity index (χ4n) is 4.67. The van der Waals surface area contributed by atoms with E-state index < -0.39 is 9.84 Å². The maximum atomic E-state index is 11.6. The van der Waals surface area contributed by atoms with Crippen LogP contribution in [0.2, 0.25) is 0 Å². The molecule has 0 spiro atoms. The molecule has 6 atom stereocenters. The van der Waals surface area contributed by atoms with Crippen molar-refractivity contribution in [2.45, 2.75) is 57.5 Å². The molecule has 24 heavy (non-hydrogen) atoms. The largest absolute Gasteiger partial charge is 0.353 e. The van der Waals surface area contributed by atoms with Crippen molar-refractivity contribution in [3.63, 3.8) is 0 Å². The molecule has 1 heterocycles. The van der Waals surface area contributed by atoms with Crippen molar-refractivity contribution in [1.82, 2.24) is 10.6 Å². The molecule has 5 nitrogen and oxygen atoms in total. The predicted octanol–water partition coefficient (Wildman–Crippen LogP) is 2.17. The average molecular weight is 467 g/mol. The Bertz CT molecular complexity index is 595. The first-order chi connectivity index (χ1) is 11.0. The van der Waals surface area contributed by atoms with Crippen LogP contribution in [-0.2, 0) is 9.84 Å². The van der Waals surface area contributed by atoms with Crippen LogP contribution in [0.4, 0.5) is 0 Å². The third-order valence-electron chi connectivity index (χ3n) is 6.33. The van der Waals surface area contributed by atoms with E-state index in [-0.39, 0.29) is 29.9 Å². The van der Waals surface area contributed by atoms with E-state index in [4.69, 9.17) is 4.99 Å². The highest BCUT2D eigenvalue weighted by atomic mass is 127. The lowest BCUT2D eigenvalue weighted by atomic mass is 9.95. The SMILES string of the molecule is CC1CC1NC(=NCC1CCS(=O)(=O)C1)NC1CC2CCC1C2.I. The number of hydrogen-bond donors (Lipinski definition) is 2. The maximum absolute atomic E-state index is 11.6. The van der Waals surface area contributed by atoms with E-state index in [1.807, 2.05) is 0 Å². The van der Waals surface area contributed by atoms with Gasteiger partial charge >= 0.3 is 0 Å². The second-order valence-corrected chi connectivity index (χ2v) is 10.6. The Hall–Kier alpha value is -0.0500. The van der Waals surface area contributed by atoms with Gasteiger partial charge in [0.1, 0.15) is 0 Å². The van der Waals surface area contributed by atoms with Crippen LogP contribution in [0.15, 0.2) is 4.99 Å². The number of sulfone groups is 1. The van der Waals surface area contributed by atoms with E-state index >= 15 is 0 Å².